The lowest BCUT2D eigenvalue weighted by atomic mass is 10.0. The molecule has 5 rings (SSSR count). The monoisotopic (exact) mass is 419 g/mol. The van der Waals surface area contributed by atoms with Gasteiger partial charge in [0.1, 0.15) is 5.69 Å². The van der Waals surface area contributed by atoms with Crippen LogP contribution >= 0.6 is 0 Å². The number of aromatic nitrogens is 4. The van der Waals surface area contributed by atoms with Crippen molar-refractivity contribution in [2.24, 2.45) is 0 Å². The van der Waals surface area contributed by atoms with Crippen LogP contribution in [0.5, 0.6) is 0 Å². The van der Waals surface area contributed by atoms with E-state index >= 15 is 0 Å². The number of amides is 1. The Balaban J connectivity index is 1.50. The third kappa shape index (κ3) is 3.73. The van der Waals surface area contributed by atoms with E-state index in [4.69, 9.17) is 9.47 Å². The molecular formula is C23H25N5O3. The second kappa shape index (κ2) is 8.20. The average Bonchev–Trinajstić information content (AvgIpc) is 3.47. The summed E-state index contributed by atoms with van der Waals surface area (Å²) >= 11 is 0. The smallest absolute Gasteiger partial charge is 0.276 e. The fourth-order valence-corrected chi connectivity index (χ4v) is 4.27. The molecule has 2 aliphatic rings. The van der Waals surface area contributed by atoms with Crippen molar-refractivity contribution in [3.8, 4) is 16.9 Å². The normalized spacial score (nSPS) is 17.9. The Hall–Kier alpha value is -3.10. The predicted octanol–water partition coefficient (Wildman–Crippen LogP) is 2.87. The first-order valence-electron chi connectivity index (χ1n) is 10.7. The number of rotatable bonds is 4. The Kier molecular flexibility index (Phi) is 5.25. The van der Waals surface area contributed by atoms with Crippen LogP contribution < -0.4 is 0 Å². The van der Waals surface area contributed by atoms with Crippen LogP contribution in [0.3, 0.4) is 0 Å². The molecule has 0 radical (unpaired) electrons. The summed E-state index contributed by atoms with van der Waals surface area (Å²) in [6.45, 7) is 4.47. The van der Waals surface area contributed by atoms with Crippen molar-refractivity contribution in [2.45, 2.75) is 32.0 Å². The van der Waals surface area contributed by atoms with Crippen molar-refractivity contribution in [1.82, 2.24) is 24.9 Å². The second-order valence-electron chi connectivity index (χ2n) is 7.86. The highest BCUT2D eigenvalue weighted by Gasteiger charge is 2.41. The third-order valence-corrected chi connectivity index (χ3v) is 6.02. The Labute approximate surface area is 180 Å². The molecule has 1 spiro atoms. The van der Waals surface area contributed by atoms with Crippen molar-refractivity contribution in [1.29, 1.82) is 0 Å². The van der Waals surface area contributed by atoms with E-state index in [-0.39, 0.29) is 5.91 Å². The highest BCUT2D eigenvalue weighted by atomic mass is 16.7. The number of aryl methyl sites for hydroxylation is 1. The fourth-order valence-electron chi connectivity index (χ4n) is 4.27. The van der Waals surface area contributed by atoms with Gasteiger partial charge in [0, 0.05) is 43.9 Å². The maximum atomic E-state index is 13.5. The number of carbonyl (C=O) groups is 1. The van der Waals surface area contributed by atoms with Crippen LogP contribution in [0.2, 0.25) is 0 Å². The molecule has 2 aliphatic heterocycles. The quantitative estimate of drug-likeness (QED) is 0.647. The van der Waals surface area contributed by atoms with Gasteiger partial charge >= 0.3 is 0 Å². The molecule has 160 valence electrons. The minimum absolute atomic E-state index is 0.127. The first-order valence-corrected chi connectivity index (χ1v) is 10.7. The summed E-state index contributed by atoms with van der Waals surface area (Å²) in [6, 6.07) is 11.9. The maximum Gasteiger partial charge on any atom is 0.276 e. The summed E-state index contributed by atoms with van der Waals surface area (Å²) in [7, 11) is 0. The Morgan fingerprint density at radius 2 is 1.84 bits per heavy atom. The van der Waals surface area contributed by atoms with Gasteiger partial charge in [0.2, 0.25) is 0 Å². The van der Waals surface area contributed by atoms with Crippen LogP contribution in [-0.4, -0.2) is 62.9 Å². The summed E-state index contributed by atoms with van der Waals surface area (Å²) < 4.78 is 13.3. The molecule has 1 amide bonds. The third-order valence-electron chi connectivity index (χ3n) is 6.02. The van der Waals surface area contributed by atoms with E-state index in [1.54, 1.807) is 17.1 Å². The molecule has 0 unspecified atom stereocenters. The zero-order valence-electron chi connectivity index (χ0n) is 17.5. The second-order valence-corrected chi connectivity index (χ2v) is 7.86. The molecule has 0 saturated carbocycles. The van der Waals surface area contributed by atoms with Crippen molar-refractivity contribution in [2.75, 3.05) is 26.3 Å². The van der Waals surface area contributed by atoms with Crippen LogP contribution in [-0.2, 0) is 15.9 Å². The van der Waals surface area contributed by atoms with Crippen molar-refractivity contribution >= 4 is 5.91 Å². The number of likely N-dealkylation sites (tertiary alicyclic amines) is 1. The number of hydrogen-bond donors (Lipinski definition) is 0. The molecule has 2 saturated heterocycles. The van der Waals surface area contributed by atoms with E-state index < -0.39 is 5.79 Å². The summed E-state index contributed by atoms with van der Waals surface area (Å²) in [5.41, 5.74) is 3.94. The van der Waals surface area contributed by atoms with Gasteiger partial charge in [-0.05, 0) is 36.2 Å². The van der Waals surface area contributed by atoms with Gasteiger partial charge in [-0.3, -0.25) is 9.78 Å². The van der Waals surface area contributed by atoms with Gasteiger partial charge in [-0.15, -0.1) is 5.10 Å². The molecule has 0 atom stereocenters. The Morgan fingerprint density at radius 3 is 2.55 bits per heavy atom. The average molecular weight is 419 g/mol. The molecule has 4 heterocycles. The lowest BCUT2D eigenvalue weighted by Crippen LogP contribution is -2.47. The maximum absolute atomic E-state index is 13.5. The number of hydrogen-bond acceptors (Lipinski definition) is 6. The van der Waals surface area contributed by atoms with E-state index in [0.717, 1.165) is 17.7 Å². The van der Waals surface area contributed by atoms with Gasteiger partial charge in [0.25, 0.3) is 5.91 Å². The number of piperidine rings is 1. The molecule has 2 aromatic heterocycles. The molecule has 8 heteroatoms. The molecule has 8 nitrogen and oxygen atoms in total. The highest BCUT2D eigenvalue weighted by Crippen LogP contribution is 2.33. The Bertz CT molecular complexity index is 1070. The van der Waals surface area contributed by atoms with E-state index in [0.29, 0.717) is 50.5 Å². The number of carbonyl (C=O) groups excluding carboxylic acids is 1. The van der Waals surface area contributed by atoms with Gasteiger partial charge in [-0.25, -0.2) is 4.68 Å². The summed E-state index contributed by atoms with van der Waals surface area (Å²) in [5.74, 6) is -0.652. The summed E-state index contributed by atoms with van der Waals surface area (Å²) in [6.07, 6.45) is 5.66. The van der Waals surface area contributed by atoms with E-state index in [1.807, 2.05) is 29.2 Å². The van der Waals surface area contributed by atoms with Gasteiger partial charge in [0.15, 0.2) is 11.5 Å². The minimum atomic E-state index is -0.525. The lowest BCUT2D eigenvalue weighted by Gasteiger charge is -2.37. The molecule has 0 bridgehead atoms. The van der Waals surface area contributed by atoms with E-state index in [1.165, 1.54) is 5.56 Å². The molecule has 0 N–H and O–H groups in total. The zero-order valence-corrected chi connectivity index (χ0v) is 17.5. The highest BCUT2D eigenvalue weighted by molar-refractivity contribution is 5.98. The zero-order chi connectivity index (χ0) is 21.3. The molecule has 2 fully saturated rings. The first-order chi connectivity index (χ1) is 15.2. The Morgan fingerprint density at radius 1 is 1.10 bits per heavy atom. The molecule has 31 heavy (non-hydrogen) atoms. The number of benzene rings is 1. The minimum Gasteiger partial charge on any atom is -0.347 e. The van der Waals surface area contributed by atoms with Crippen LogP contribution in [0.1, 0.15) is 35.8 Å². The van der Waals surface area contributed by atoms with Gasteiger partial charge in [0.05, 0.1) is 18.9 Å². The van der Waals surface area contributed by atoms with Crippen molar-refractivity contribution < 1.29 is 14.3 Å². The van der Waals surface area contributed by atoms with E-state index in [9.17, 15) is 4.79 Å². The van der Waals surface area contributed by atoms with Gasteiger partial charge in [-0.2, -0.15) is 0 Å². The van der Waals surface area contributed by atoms with Crippen LogP contribution in [0.25, 0.3) is 16.9 Å². The van der Waals surface area contributed by atoms with Crippen LogP contribution in [0.4, 0.5) is 0 Å². The predicted molar refractivity (Wildman–Crippen MR) is 114 cm³/mol. The van der Waals surface area contributed by atoms with Crippen molar-refractivity contribution in [3.63, 3.8) is 0 Å². The molecule has 0 aliphatic carbocycles. The van der Waals surface area contributed by atoms with E-state index in [2.05, 4.69) is 34.4 Å². The van der Waals surface area contributed by atoms with Gasteiger partial charge in [-0.1, -0.05) is 24.3 Å². The van der Waals surface area contributed by atoms with Crippen molar-refractivity contribution in [3.05, 3.63) is 60.0 Å². The van der Waals surface area contributed by atoms with Crippen LogP contribution in [0.15, 0.2) is 48.8 Å². The summed E-state index contributed by atoms with van der Waals surface area (Å²) in [5, 5.41) is 8.70. The summed E-state index contributed by atoms with van der Waals surface area (Å²) in [4.78, 5) is 19.4. The topological polar surface area (TPSA) is 82.4 Å². The molecular weight excluding hydrogens is 394 g/mol. The standard InChI is InChI=1S/C23H25N5O3/c1-2-17-4-3-5-19(16-17)28-21(18-6-10-24-11-7-18)20(25-26-28)22(29)27-12-8-23(9-13-27)30-14-15-31-23/h3-7,10-11,16H,2,8-9,12-15H2,1H3. The number of ether oxygens (including phenoxy) is 2. The number of nitrogens with zero attached hydrogens (tertiary/aromatic N) is 5. The largest absolute Gasteiger partial charge is 0.347 e. The van der Waals surface area contributed by atoms with Gasteiger partial charge < -0.3 is 14.4 Å². The SMILES string of the molecule is CCc1cccc(-n2nnc(C(=O)N3CCC4(CC3)OCCO4)c2-c2ccncc2)c1. The van der Waals surface area contributed by atoms with Crippen LogP contribution in [0, 0.1) is 0 Å². The molecule has 1 aromatic carbocycles. The molecule has 3 aromatic rings. The number of pyridine rings is 1. The first kappa shape index (κ1) is 19.8. The lowest BCUT2D eigenvalue weighted by molar-refractivity contribution is -0.181. The fraction of sp³-hybridized carbons (Fsp3) is 0.391.